The smallest absolute Gasteiger partial charge is 0.258 e. The van der Waals surface area contributed by atoms with Crippen LogP contribution in [0.4, 0.5) is 5.13 Å². The molecule has 0 atom stereocenters. The third-order valence-electron chi connectivity index (χ3n) is 4.50. The summed E-state index contributed by atoms with van der Waals surface area (Å²) in [5, 5.41) is 24.4. The number of carbonyl (C=O) groups excluding carboxylic acids is 2. The second-order valence-electron chi connectivity index (χ2n) is 7.20. The van der Waals surface area contributed by atoms with Crippen LogP contribution in [0.25, 0.3) is 5.69 Å². The summed E-state index contributed by atoms with van der Waals surface area (Å²) in [4.78, 5) is 24.7. The molecule has 0 unspecified atom stereocenters. The first-order valence-electron chi connectivity index (χ1n) is 10.5. The lowest BCUT2D eigenvalue weighted by Crippen LogP contribution is -2.29. The highest BCUT2D eigenvalue weighted by atomic mass is 35.5. The van der Waals surface area contributed by atoms with E-state index in [9.17, 15) is 9.59 Å². The van der Waals surface area contributed by atoms with Crippen LogP contribution < -0.4 is 15.4 Å². The van der Waals surface area contributed by atoms with Crippen molar-refractivity contribution in [2.24, 2.45) is 0 Å². The van der Waals surface area contributed by atoms with Gasteiger partial charge in [-0.3, -0.25) is 19.5 Å². The van der Waals surface area contributed by atoms with E-state index in [2.05, 4.69) is 31.0 Å². The Labute approximate surface area is 224 Å². The molecule has 0 bridgehead atoms. The number of amides is 2. The van der Waals surface area contributed by atoms with Gasteiger partial charge >= 0.3 is 0 Å². The van der Waals surface area contributed by atoms with Crippen molar-refractivity contribution >= 4 is 63.2 Å². The molecule has 0 spiro atoms. The number of nitrogens with one attached hydrogen (secondary N) is 2. The number of aromatic nitrogens is 5. The summed E-state index contributed by atoms with van der Waals surface area (Å²) < 4.78 is 7.21. The Hall–Kier alpha value is -3.19. The summed E-state index contributed by atoms with van der Waals surface area (Å²) in [6.45, 7) is 1.71. The second kappa shape index (κ2) is 12.2. The molecule has 0 fully saturated rings. The fraction of sp³-hybridized carbons (Fsp3) is 0.182. The summed E-state index contributed by atoms with van der Waals surface area (Å²) in [6.07, 6.45) is 0. The van der Waals surface area contributed by atoms with Crippen molar-refractivity contribution in [3.8, 4) is 11.4 Å². The number of rotatable bonds is 10. The minimum absolute atomic E-state index is 0.0681. The maximum Gasteiger partial charge on any atom is 0.258 e. The molecule has 0 aliphatic rings. The van der Waals surface area contributed by atoms with Gasteiger partial charge in [0.2, 0.25) is 11.0 Å². The highest BCUT2D eigenvalue weighted by Crippen LogP contribution is 2.24. The van der Waals surface area contributed by atoms with Crippen molar-refractivity contribution in [1.29, 1.82) is 0 Å². The molecule has 2 aromatic heterocycles. The van der Waals surface area contributed by atoms with Crippen LogP contribution in [0.2, 0.25) is 10.0 Å². The molecule has 0 saturated carbocycles. The maximum atomic E-state index is 12.4. The Morgan fingerprint density at radius 3 is 2.56 bits per heavy atom. The molecule has 2 aromatic carbocycles. The third kappa shape index (κ3) is 7.17. The Morgan fingerprint density at radius 2 is 1.83 bits per heavy atom. The zero-order chi connectivity index (χ0) is 25.5. The van der Waals surface area contributed by atoms with Gasteiger partial charge in [0.1, 0.15) is 10.8 Å². The molecule has 0 aliphatic carbocycles. The number of nitrogens with zero attached hydrogens (tertiary/aromatic N) is 5. The van der Waals surface area contributed by atoms with E-state index in [0.717, 1.165) is 5.01 Å². The molecule has 14 heteroatoms. The Bertz CT molecular complexity index is 1360. The van der Waals surface area contributed by atoms with Gasteiger partial charge in [0.15, 0.2) is 17.6 Å². The first-order chi connectivity index (χ1) is 17.4. The number of halogens is 2. The van der Waals surface area contributed by atoms with Gasteiger partial charge in [-0.25, -0.2) is 0 Å². The highest BCUT2D eigenvalue weighted by molar-refractivity contribution is 7.99. The van der Waals surface area contributed by atoms with E-state index >= 15 is 0 Å². The van der Waals surface area contributed by atoms with Crippen LogP contribution in [-0.4, -0.2) is 49.1 Å². The molecular formula is C22H19Cl2N7O3S2. The first-order valence-corrected chi connectivity index (χ1v) is 13.0. The second-order valence-corrected chi connectivity index (χ2v) is 10.2. The van der Waals surface area contributed by atoms with E-state index in [1.54, 1.807) is 54.0 Å². The van der Waals surface area contributed by atoms with E-state index in [1.165, 1.54) is 23.1 Å². The van der Waals surface area contributed by atoms with Crippen LogP contribution in [0, 0.1) is 6.92 Å². The lowest BCUT2D eigenvalue weighted by molar-refractivity contribution is -0.123. The normalized spacial score (nSPS) is 10.8. The number of hydrogen-bond donors (Lipinski definition) is 2. The molecular weight excluding hydrogens is 545 g/mol. The Kier molecular flexibility index (Phi) is 8.75. The Morgan fingerprint density at radius 1 is 1.03 bits per heavy atom. The van der Waals surface area contributed by atoms with E-state index in [-0.39, 0.29) is 30.7 Å². The molecule has 0 saturated heterocycles. The average Bonchev–Trinajstić information content (AvgIpc) is 3.46. The largest absolute Gasteiger partial charge is 0.484 e. The van der Waals surface area contributed by atoms with Crippen molar-refractivity contribution < 1.29 is 14.3 Å². The van der Waals surface area contributed by atoms with Gasteiger partial charge in [0, 0.05) is 10.0 Å². The molecule has 0 radical (unpaired) electrons. The number of aryl methyl sites for hydroxylation is 1. The van der Waals surface area contributed by atoms with Crippen molar-refractivity contribution in [3.63, 3.8) is 0 Å². The van der Waals surface area contributed by atoms with Gasteiger partial charge in [-0.1, -0.05) is 52.4 Å². The van der Waals surface area contributed by atoms with Crippen LogP contribution in [0.5, 0.6) is 5.75 Å². The Balaban J connectivity index is 1.42. The number of ether oxygens (including phenoxy) is 1. The summed E-state index contributed by atoms with van der Waals surface area (Å²) >= 11 is 14.5. The van der Waals surface area contributed by atoms with Crippen LogP contribution in [0.3, 0.4) is 0 Å². The monoisotopic (exact) mass is 563 g/mol. The number of hydrogen-bond acceptors (Lipinski definition) is 9. The number of thioether (sulfide) groups is 1. The van der Waals surface area contributed by atoms with Gasteiger partial charge < -0.3 is 10.1 Å². The van der Waals surface area contributed by atoms with Crippen LogP contribution in [0.15, 0.2) is 53.7 Å². The van der Waals surface area contributed by atoms with Gasteiger partial charge in [-0.2, -0.15) is 0 Å². The lowest BCUT2D eigenvalue weighted by Gasteiger charge is -2.11. The van der Waals surface area contributed by atoms with Gasteiger partial charge in [-0.05, 0) is 49.4 Å². The molecule has 36 heavy (non-hydrogen) atoms. The van der Waals surface area contributed by atoms with Crippen molar-refractivity contribution in [2.75, 3.05) is 17.7 Å². The molecule has 2 heterocycles. The van der Waals surface area contributed by atoms with Crippen LogP contribution >= 0.6 is 46.3 Å². The van der Waals surface area contributed by atoms with Crippen LogP contribution in [0.1, 0.15) is 10.8 Å². The van der Waals surface area contributed by atoms with Crippen molar-refractivity contribution in [1.82, 2.24) is 30.3 Å². The quantitative estimate of drug-likeness (QED) is 0.275. The topological polar surface area (TPSA) is 124 Å². The maximum absolute atomic E-state index is 12.4. The number of carbonyl (C=O) groups is 2. The zero-order valence-electron chi connectivity index (χ0n) is 18.8. The van der Waals surface area contributed by atoms with E-state index in [1.807, 2.05) is 6.07 Å². The predicted molar refractivity (Wildman–Crippen MR) is 139 cm³/mol. The molecule has 2 amide bonds. The zero-order valence-corrected chi connectivity index (χ0v) is 21.9. The molecule has 4 aromatic rings. The lowest BCUT2D eigenvalue weighted by atomic mass is 10.3. The minimum Gasteiger partial charge on any atom is -0.484 e. The summed E-state index contributed by atoms with van der Waals surface area (Å²) in [5.74, 6) is 0.452. The van der Waals surface area contributed by atoms with Crippen molar-refractivity contribution in [3.05, 3.63) is 69.4 Å². The number of anilines is 1. The van der Waals surface area contributed by atoms with E-state index in [0.29, 0.717) is 37.6 Å². The summed E-state index contributed by atoms with van der Waals surface area (Å²) in [5.41, 5.74) is 0.691. The van der Waals surface area contributed by atoms with E-state index < -0.39 is 0 Å². The highest BCUT2D eigenvalue weighted by Gasteiger charge is 2.17. The predicted octanol–water partition coefficient (Wildman–Crippen LogP) is 4.16. The van der Waals surface area contributed by atoms with Gasteiger partial charge in [0.25, 0.3) is 5.91 Å². The number of benzene rings is 2. The summed E-state index contributed by atoms with van der Waals surface area (Å²) in [6, 6.07) is 13.8. The van der Waals surface area contributed by atoms with Gasteiger partial charge in [-0.15, -0.1) is 20.4 Å². The first kappa shape index (κ1) is 25.9. The minimum atomic E-state index is -0.341. The van der Waals surface area contributed by atoms with Gasteiger partial charge in [0.05, 0.1) is 18.0 Å². The summed E-state index contributed by atoms with van der Waals surface area (Å²) in [7, 11) is 0. The molecule has 4 rings (SSSR count). The fourth-order valence-corrected chi connectivity index (χ4v) is 4.61. The standard InChI is InChI=1S/C22H19Cl2N7O3S2/c1-13-27-29-21(36-13)26-20(33)12-35-22-30-28-18(31(22)16-4-2-3-15(24)9-16)10-25-19(32)11-34-17-7-5-14(23)6-8-17/h2-9H,10-12H2,1H3,(H,25,32)(H,26,29,33). The molecule has 2 N–H and O–H groups in total. The fourth-order valence-electron chi connectivity index (χ4n) is 2.92. The van der Waals surface area contributed by atoms with Crippen LogP contribution in [-0.2, 0) is 16.1 Å². The van der Waals surface area contributed by atoms with Crippen molar-refractivity contribution in [2.45, 2.75) is 18.6 Å². The SMILES string of the molecule is Cc1nnc(NC(=O)CSc2nnc(CNC(=O)COc3ccc(Cl)cc3)n2-c2cccc(Cl)c2)s1. The average molecular weight is 564 g/mol. The molecule has 10 nitrogen and oxygen atoms in total. The van der Waals surface area contributed by atoms with E-state index in [4.69, 9.17) is 27.9 Å². The molecule has 186 valence electrons. The third-order valence-corrected chi connectivity index (χ3v) is 6.67. The molecule has 0 aliphatic heterocycles.